The van der Waals surface area contributed by atoms with Gasteiger partial charge in [-0.2, -0.15) is 0 Å². The lowest BCUT2D eigenvalue weighted by Crippen LogP contribution is -2.39. The Balaban J connectivity index is 1.88. The van der Waals surface area contributed by atoms with Crippen LogP contribution in [0.3, 0.4) is 0 Å². The van der Waals surface area contributed by atoms with Gasteiger partial charge in [0.2, 0.25) is 11.8 Å². The zero-order valence-corrected chi connectivity index (χ0v) is 21.2. The lowest BCUT2D eigenvalue weighted by molar-refractivity contribution is -0.137. The van der Waals surface area contributed by atoms with Crippen molar-refractivity contribution in [1.82, 2.24) is 4.90 Å². The number of para-hydroxylation sites is 1. The molecule has 2 aromatic rings. The van der Waals surface area contributed by atoms with Crippen molar-refractivity contribution in [2.24, 2.45) is 5.92 Å². The maximum Gasteiger partial charge on any atom is 0.323 e. The number of unbranched alkanes of at least 4 members (excludes halogenated alkanes) is 1. The van der Waals surface area contributed by atoms with Crippen LogP contribution in [0, 0.1) is 12.8 Å². The van der Waals surface area contributed by atoms with E-state index >= 15 is 0 Å². The smallest absolute Gasteiger partial charge is 0.323 e. The van der Waals surface area contributed by atoms with E-state index in [0.29, 0.717) is 36.7 Å². The first-order valence-corrected chi connectivity index (χ1v) is 12.2. The first-order valence-electron chi connectivity index (χ1n) is 12.2. The van der Waals surface area contributed by atoms with Gasteiger partial charge in [-0.15, -0.1) is 0 Å². The number of amides is 4. The fraction of sp³-hybridized carbons (Fsp3) is 0.407. The summed E-state index contributed by atoms with van der Waals surface area (Å²) in [5, 5.41) is 17.1. The molecule has 0 atom stereocenters. The molecule has 0 fully saturated rings. The number of aliphatic carboxylic acids is 1. The second-order valence-corrected chi connectivity index (χ2v) is 9.12. The van der Waals surface area contributed by atoms with Crippen LogP contribution in [0.25, 0.3) is 0 Å². The van der Waals surface area contributed by atoms with Crippen molar-refractivity contribution in [2.45, 2.75) is 52.9 Å². The summed E-state index contributed by atoms with van der Waals surface area (Å²) in [6.45, 7) is 6.38. The number of benzene rings is 2. The Morgan fingerprint density at radius 3 is 2.08 bits per heavy atom. The summed E-state index contributed by atoms with van der Waals surface area (Å²) in [5.74, 6) is -0.990. The molecular weight excluding hydrogens is 460 g/mol. The van der Waals surface area contributed by atoms with Crippen molar-refractivity contribution < 1.29 is 24.3 Å². The number of hydrogen-bond acceptors (Lipinski definition) is 4. The fourth-order valence-corrected chi connectivity index (χ4v) is 3.43. The number of anilines is 3. The minimum absolute atomic E-state index is 0.0260. The molecule has 2 rings (SSSR count). The van der Waals surface area contributed by atoms with Gasteiger partial charge in [-0.1, -0.05) is 32.0 Å². The molecule has 36 heavy (non-hydrogen) atoms. The maximum absolute atomic E-state index is 12.6. The van der Waals surface area contributed by atoms with Gasteiger partial charge in [-0.3, -0.25) is 14.4 Å². The lowest BCUT2D eigenvalue weighted by Gasteiger charge is -2.23. The number of nitrogens with one attached hydrogen (secondary N) is 3. The Labute approximate surface area is 212 Å². The molecule has 0 aliphatic carbocycles. The van der Waals surface area contributed by atoms with Crippen molar-refractivity contribution in [1.29, 1.82) is 0 Å². The van der Waals surface area contributed by atoms with E-state index < -0.39 is 5.97 Å². The summed E-state index contributed by atoms with van der Waals surface area (Å²) in [6.07, 6.45) is 1.90. The number of carboxylic acid groups (broad SMARTS) is 1. The number of rotatable bonds is 13. The lowest BCUT2D eigenvalue weighted by atomic mass is 10.1. The van der Waals surface area contributed by atoms with Crippen molar-refractivity contribution in [3.05, 3.63) is 54.1 Å². The molecule has 0 saturated carbocycles. The molecule has 0 heterocycles. The molecule has 0 aromatic heterocycles. The van der Waals surface area contributed by atoms with Gasteiger partial charge in [0.05, 0.1) is 6.54 Å². The molecular formula is C27H36N4O5. The highest BCUT2D eigenvalue weighted by Crippen LogP contribution is 2.16. The first kappa shape index (κ1) is 28.4. The number of carboxylic acids is 1. The third kappa shape index (κ3) is 10.6. The molecule has 4 amide bonds. The molecule has 0 radical (unpaired) electrons. The van der Waals surface area contributed by atoms with Crippen LogP contribution < -0.4 is 16.0 Å². The van der Waals surface area contributed by atoms with Gasteiger partial charge in [0.15, 0.2) is 0 Å². The monoisotopic (exact) mass is 496 g/mol. The highest BCUT2D eigenvalue weighted by atomic mass is 16.4. The first-order chi connectivity index (χ1) is 17.1. The second kappa shape index (κ2) is 14.5. The fourth-order valence-electron chi connectivity index (χ4n) is 3.43. The Kier molecular flexibility index (Phi) is 11.4. The molecule has 0 spiro atoms. The molecule has 9 nitrogen and oxygen atoms in total. The van der Waals surface area contributed by atoms with E-state index in [1.165, 1.54) is 4.90 Å². The predicted octanol–water partition coefficient (Wildman–Crippen LogP) is 5.10. The van der Waals surface area contributed by atoms with E-state index in [2.05, 4.69) is 16.0 Å². The van der Waals surface area contributed by atoms with Crippen LogP contribution in [0.15, 0.2) is 48.5 Å². The van der Waals surface area contributed by atoms with Crippen molar-refractivity contribution >= 4 is 40.9 Å². The summed E-state index contributed by atoms with van der Waals surface area (Å²) in [5.41, 5.74) is 2.78. The van der Waals surface area contributed by atoms with E-state index in [4.69, 9.17) is 5.11 Å². The molecule has 0 saturated heterocycles. The summed E-state index contributed by atoms with van der Waals surface area (Å²) in [6, 6.07) is 13.8. The molecule has 0 aliphatic rings. The van der Waals surface area contributed by atoms with Crippen LogP contribution in [0.1, 0.15) is 51.5 Å². The number of aryl methyl sites for hydroxylation is 1. The quantitative estimate of drug-likeness (QED) is 0.287. The standard InChI is InChI=1S/C27H36N4O5/c1-19(2)16-17-31(25(33)10-6-7-11-26(34)35)18-24(32)28-21-12-14-22(15-13-21)29-27(36)30-23-9-5-4-8-20(23)3/h4-5,8-9,12-15,19H,6-7,10-11,16-18H2,1-3H3,(H,28,32)(H,34,35)(H2,29,30,36). The van der Waals surface area contributed by atoms with E-state index in [1.54, 1.807) is 24.3 Å². The average Bonchev–Trinajstić information content (AvgIpc) is 2.82. The molecule has 4 N–H and O–H groups in total. The van der Waals surface area contributed by atoms with Crippen LogP contribution in [0.5, 0.6) is 0 Å². The Morgan fingerprint density at radius 1 is 0.861 bits per heavy atom. The van der Waals surface area contributed by atoms with Gasteiger partial charge in [0.1, 0.15) is 0 Å². The summed E-state index contributed by atoms with van der Waals surface area (Å²) in [7, 11) is 0. The van der Waals surface area contributed by atoms with E-state index in [0.717, 1.165) is 17.7 Å². The number of hydrogen-bond donors (Lipinski definition) is 4. The molecule has 2 aromatic carbocycles. The van der Waals surface area contributed by atoms with Gasteiger partial charge in [-0.05, 0) is 68.0 Å². The number of carbonyl (C=O) groups excluding carboxylic acids is 3. The zero-order chi connectivity index (χ0) is 26.5. The van der Waals surface area contributed by atoms with Crippen molar-refractivity contribution in [3.8, 4) is 0 Å². The van der Waals surface area contributed by atoms with Gasteiger partial charge in [0.25, 0.3) is 0 Å². The zero-order valence-electron chi connectivity index (χ0n) is 21.2. The average molecular weight is 497 g/mol. The highest BCUT2D eigenvalue weighted by Gasteiger charge is 2.18. The summed E-state index contributed by atoms with van der Waals surface area (Å²) >= 11 is 0. The van der Waals surface area contributed by atoms with Crippen molar-refractivity contribution in [2.75, 3.05) is 29.0 Å². The highest BCUT2D eigenvalue weighted by molar-refractivity contribution is 6.00. The van der Waals surface area contributed by atoms with Crippen LogP contribution in [-0.4, -0.2) is 46.9 Å². The molecule has 0 bridgehead atoms. The van der Waals surface area contributed by atoms with Gasteiger partial charge < -0.3 is 26.0 Å². The van der Waals surface area contributed by atoms with E-state index in [1.807, 2.05) is 45.0 Å². The van der Waals surface area contributed by atoms with Gasteiger partial charge in [-0.25, -0.2) is 4.79 Å². The van der Waals surface area contributed by atoms with Crippen LogP contribution in [0.4, 0.5) is 21.9 Å². The third-order valence-corrected chi connectivity index (χ3v) is 5.51. The van der Waals surface area contributed by atoms with Crippen LogP contribution in [0.2, 0.25) is 0 Å². The SMILES string of the molecule is Cc1ccccc1NC(=O)Nc1ccc(NC(=O)CN(CCC(C)C)C(=O)CCCCC(=O)O)cc1. The third-order valence-electron chi connectivity index (χ3n) is 5.51. The van der Waals surface area contributed by atoms with E-state index in [-0.39, 0.29) is 37.2 Å². The number of urea groups is 1. The molecule has 9 heteroatoms. The summed E-state index contributed by atoms with van der Waals surface area (Å²) in [4.78, 5) is 49.7. The Bertz CT molecular complexity index is 1040. The van der Waals surface area contributed by atoms with Crippen LogP contribution >= 0.6 is 0 Å². The molecule has 194 valence electrons. The Hall–Kier alpha value is -3.88. The normalized spacial score (nSPS) is 10.6. The summed E-state index contributed by atoms with van der Waals surface area (Å²) < 4.78 is 0. The Morgan fingerprint density at radius 2 is 1.47 bits per heavy atom. The minimum atomic E-state index is -0.883. The molecule has 0 unspecified atom stereocenters. The largest absolute Gasteiger partial charge is 0.481 e. The number of carbonyl (C=O) groups is 4. The number of nitrogens with zero attached hydrogens (tertiary/aromatic N) is 1. The predicted molar refractivity (Wildman–Crippen MR) is 141 cm³/mol. The second-order valence-electron chi connectivity index (χ2n) is 9.12. The van der Waals surface area contributed by atoms with Crippen LogP contribution in [-0.2, 0) is 14.4 Å². The van der Waals surface area contributed by atoms with Gasteiger partial charge >= 0.3 is 12.0 Å². The van der Waals surface area contributed by atoms with Crippen molar-refractivity contribution in [3.63, 3.8) is 0 Å². The maximum atomic E-state index is 12.6. The van der Waals surface area contributed by atoms with E-state index in [9.17, 15) is 19.2 Å². The molecule has 0 aliphatic heterocycles. The van der Waals surface area contributed by atoms with Gasteiger partial charge in [0, 0.05) is 36.4 Å². The minimum Gasteiger partial charge on any atom is -0.481 e. The topological polar surface area (TPSA) is 128 Å².